The van der Waals surface area contributed by atoms with Crippen molar-refractivity contribution in [1.29, 1.82) is 0 Å². The number of rotatable bonds is 9. The minimum Gasteiger partial charge on any atom is -0.493 e. The van der Waals surface area contributed by atoms with Crippen molar-refractivity contribution in [1.82, 2.24) is 10.7 Å². The van der Waals surface area contributed by atoms with Gasteiger partial charge in [-0.3, -0.25) is 14.4 Å². The van der Waals surface area contributed by atoms with Crippen LogP contribution in [0.1, 0.15) is 24.0 Å². The average Bonchev–Trinajstić information content (AvgIpc) is 3.38. The van der Waals surface area contributed by atoms with Gasteiger partial charge in [-0.15, -0.1) is 0 Å². The molecule has 3 rings (SSSR count). The van der Waals surface area contributed by atoms with Crippen molar-refractivity contribution in [2.75, 3.05) is 32.2 Å². The average molecular weight is 503 g/mol. The van der Waals surface area contributed by atoms with E-state index >= 15 is 0 Å². The van der Waals surface area contributed by atoms with Crippen LogP contribution in [0.3, 0.4) is 0 Å². The Labute approximate surface area is 208 Å². The number of ether oxygens (including phenoxy) is 3. The zero-order valence-corrected chi connectivity index (χ0v) is 20.2. The van der Waals surface area contributed by atoms with E-state index in [1.54, 1.807) is 36.4 Å². The smallest absolute Gasteiger partial charge is 0.329 e. The highest BCUT2D eigenvalue weighted by molar-refractivity contribution is 6.35. The molecule has 1 aliphatic rings. The number of amides is 3. The van der Waals surface area contributed by atoms with Gasteiger partial charge in [0.2, 0.25) is 0 Å². The van der Waals surface area contributed by atoms with Crippen LogP contribution in [0.15, 0.2) is 41.5 Å². The summed E-state index contributed by atoms with van der Waals surface area (Å²) in [5.74, 6) is -1.32. The number of anilines is 1. The Bertz CT molecular complexity index is 1100. The van der Waals surface area contributed by atoms with E-state index in [1.807, 2.05) is 6.92 Å². The van der Waals surface area contributed by atoms with Crippen LogP contribution in [0.4, 0.5) is 5.69 Å². The van der Waals surface area contributed by atoms with Gasteiger partial charge in [-0.1, -0.05) is 17.7 Å². The van der Waals surface area contributed by atoms with Crippen LogP contribution in [0, 0.1) is 6.92 Å². The molecule has 3 amide bonds. The molecule has 0 unspecified atom stereocenters. The van der Waals surface area contributed by atoms with Crippen molar-refractivity contribution >= 4 is 41.2 Å². The van der Waals surface area contributed by atoms with Crippen LogP contribution < -0.4 is 25.5 Å². The summed E-state index contributed by atoms with van der Waals surface area (Å²) in [5.41, 5.74) is 4.11. The van der Waals surface area contributed by atoms with Gasteiger partial charge in [-0.2, -0.15) is 5.10 Å². The van der Waals surface area contributed by atoms with Gasteiger partial charge in [-0.05, 0) is 61.2 Å². The number of nitrogens with zero attached hydrogens (tertiary/aromatic N) is 1. The van der Waals surface area contributed by atoms with E-state index in [0.29, 0.717) is 34.4 Å². The number of carbonyl (C=O) groups is 3. The van der Waals surface area contributed by atoms with E-state index < -0.39 is 11.8 Å². The molecule has 3 N–H and O–H groups in total. The van der Waals surface area contributed by atoms with Crippen molar-refractivity contribution in [3.05, 3.63) is 52.5 Å². The molecule has 1 heterocycles. The number of carbonyl (C=O) groups excluding carboxylic acids is 3. The van der Waals surface area contributed by atoms with Gasteiger partial charge in [0.15, 0.2) is 18.1 Å². The SMILES string of the molecule is COc1cc(/C=N\NC(=O)C(=O)NC[C@H]2CCCO2)ccc1OCC(=O)Nc1cccc(Cl)c1C. The second kappa shape index (κ2) is 12.7. The first-order valence-corrected chi connectivity index (χ1v) is 11.3. The number of hydrogen-bond donors (Lipinski definition) is 3. The number of halogens is 1. The van der Waals surface area contributed by atoms with Crippen molar-refractivity contribution in [2.45, 2.75) is 25.9 Å². The van der Waals surface area contributed by atoms with Crippen LogP contribution in [0.25, 0.3) is 0 Å². The molecule has 1 fully saturated rings. The summed E-state index contributed by atoms with van der Waals surface area (Å²) >= 11 is 6.07. The Hall–Kier alpha value is -3.63. The fourth-order valence-corrected chi connectivity index (χ4v) is 3.44. The number of hydrazone groups is 1. The van der Waals surface area contributed by atoms with E-state index in [9.17, 15) is 14.4 Å². The molecule has 0 aliphatic carbocycles. The first kappa shape index (κ1) is 26.0. The largest absolute Gasteiger partial charge is 0.493 e. The zero-order chi connectivity index (χ0) is 25.2. The van der Waals surface area contributed by atoms with Gasteiger partial charge in [0, 0.05) is 23.9 Å². The predicted octanol–water partition coefficient (Wildman–Crippen LogP) is 2.42. The lowest BCUT2D eigenvalue weighted by Crippen LogP contribution is -2.41. The molecule has 0 spiro atoms. The summed E-state index contributed by atoms with van der Waals surface area (Å²) in [6.45, 7) is 2.51. The second-order valence-electron chi connectivity index (χ2n) is 7.70. The molecule has 0 aromatic heterocycles. The van der Waals surface area contributed by atoms with Crippen molar-refractivity contribution < 1.29 is 28.6 Å². The van der Waals surface area contributed by atoms with Crippen LogP contribution >= 0.6 is 11.6 Å². The molecule has 2 aromatic carbocycles. The van der Waals surface area contributed by atoms with Crippen LogP contribution in [0.2, 0.25) is 5.02 Å². The van der Waals surface area contributed by atoms with Gasteiger partial charge < -0.3 is 24.8 Å². The summed E-state index contributed by atoms with van der Waals surface area (Å²) in [5, 5.41) is 9.62. The number of methoxy groups -OCH3 is 1. The number of benzene rings is 2. The van der Waals surface area contributed by atoms with E-state index in [-0.39, 0.29) is 25.2 Å². The van der Waals surface area contributed by atoms with Gasteiger partial charge in [0.1, 0.15) is 0 Å². The molecule has 1 atom stereocenters. The van der Waals surface area contributed by atoms with Crippen molar-refractivity contribution in [3.63, 3.8) is 0 Å². The standard InChI is InChI=1S/C24H27ClN4O6/c1-15-18(25)6-3-7-19(15)28-22(30)14-35-20-9-8-16(11-21(20)33-2)12-27-29-24(32)23(31)26-13-17-5-4-10-34-17/h3,6-9,11-12,17H,4-5,10,13-14H2,1-2H3,(H,26,31)(H,28,30)(H,29,32)/b27-12-/t17-/m1/s1. The normalized spacial score (nSPS) is 15.0. The summed E-state index contributed by atoms with van der Waals surface area (Å²) in [6, 6.07) is 10.1. The van der Waals surface area contributed by atoms with E-state index in [0.717, 1.165) is 18.4 Å². The van der Waals surface area contributed by atoms with Gasteiger partial charge in [0.25, 0.3) is 5.91 Å². The van der Waals surface area contributed by atoms with E-state index in [1.165, 1.54) is 13.3 Å². The molecular formula is C24H27ClN4O6. The van der Waals surface area contributed by atoms with Gasteiger partial charge in [0.05, 0.1) is 19.4 Å². The van der Waals surface area contributed by atoms with Crippen LogP contribution in [-0.4, -0.2) is 56.9 Å². The van der Waals surface area contributed by atoms with Crippen molar-refractivity contribution in [3.8, 4) is 11.5 Å². The maximum Gasteiger partial charge on any atom is 0.329 e. The molecule has 35 heavy (non-hydrogen) atoms. The molecule has 10 nitrogen and oxygen atoms in total. The predicted molar refractivity (Wildman–Crippen MR) is 131 cm³/mol. The summed E-state index contributed by atoms with van der Waals surface area (Å²) in [4.78, 5) is 36.0. The Morgan fingerprint density at radius 2 is 2.03 bits per heavy atom. The van der Waals surface area contributed by atoms with Gasteiger partial charge in [-0.25, -0.2) is 5.43 Å². The third kappa shape index (κ3) is 7.69. The zero-order valence-electron chi connectivity index (χ0n) is 19.4. The van der Waals surface area contributed by atoms with Crippen molar-refractivity contribution in [2.24, 2.45) is 5.10 Å². The quantitative estimate of drug-likeness (QED) is 0.274. The fraction of sp³-hybridized carbons (Fsp3) is 0.333. The monoisotopic (exact) mass is 502 g/mol. The first-order chi connectivity index (χ1) is 16.9. The van der Waals surface area contributed by atoms with E-state index in [4.69, 9.17) is 25.8 Å². The summed E-state index contributed by atoms with van der Waals surface area (Å²) in [6.07, 6.45) is 3.09. The summed E-state index contributed by atoms with van der Waals surface area (Å²) in [7, 11) is 1.46. The molecule has 11 heteroatoms. The molecule has 0 saturated carbocycles. The molecule has 0 bridgehead atoms. The van der Waals surface area contributed by atoms with Crippen LogP contribution in [0.5, 0.6) is 11.5 Å². The third-order valence-corrected chi connectivity index (χ3v) is 5.60. The molecule has 0 radical (unpaired) electrons. The lowest BCUT2D eigenvalue weighted by molar-refractivity contribution is -0.139. The Morgan fingerprint density at radius 3 is 2.77 bits per heavy atom. The first-order valence-electron chi connectivity index (χ1n) is 11.0. The minimum absolute atomic E-state index is 0.0597. The number of nitrogens with one attached hydrogen (secondary N) is 3. The van der Waals surface area contributed by atoms with Crippen LogP contribution in [-0.2, 0) is 19.1 Å². The molecule has 1 saturated heterocycles. The van der Waals surface area contributed by atoms with E-state index in [2.05, 4.69) is 21.2 Å². The fourth-order valence-electron chi connectivity index (χ4n) is 3.26. The molecular weight excluding hydrogens is 476 g/mol. The highest BCUT2D eigenvalue weighted by atomic mass is 35.5. The number of hydrogen-bond acceptors (Lipinski definition) is 7. The van der Waals surface area contributed by atoms with Gasteiger partial charge >= 0.3 is 11.8 Å². The Morgan fingerprint density at radius 1 is 1.20 bits per heavy atom. The third-order valence-electron chi connectivity index (χ3n) is 5.19. The highest BCUT2D eigenvalue weighted by Crippen LogP contribution is 2.28. The topological polar surface area (TPSA) is 127 Å². The Kier molecular flexibility index (Phi) is 9.45. The maximum atomic E-state index is 12.3. The lowest BCUT2D eigenvalue weighted by Gasteiger charge is -2.12. The molecule has 2 aromatic rings. The maximum absolute atomic E-state index is 12.3. The molecule has 1 aliphatic heterocycles. The summed E-state index contributed by atoms with van der Waals surface area (Å²) < 4.78 is 16.3. The highest BCUT2D eigenvalue weighted by Gasteiger charge is 2.19. The minimum atomic E-state index is -0.882. The molecule has 186 valence electrons. The second-order valence-corrected chi connectivity index (χ2v) is 8.11. The lowest BCUT2D eigenvalue weighted by atomic mass is 10.2. The Balaban J connectivity index is 1.49.